The second-order valence-electron chi connectivity index (χ2n) is 5.61. The molecule has 0 atom stereocenters. The van der Waals surface area contributed by atoms with Gasteiger partial charge in [-0.1, -0.05) is 38.3 Å². The van der Waals surface area contributed by atoms with Crippen molar-refractivity contribution in [1.82, 2.24) is 5.32 Å². The van der Waals surface area contributed by atoms with E-state index in [0.717, 1.165) is 38.5 Å². The summed E-state index contributed by atoms with van der Waals surface area (Å²) in [5.74, 6) is -0.398. The van der Waals surface area contributed by atoms with Gasteiger partial charge in [0.15, 0.2) is 0 Å². The molecule has 2 amide bonds. The third kappa shape index (κ3) is 4.76. The summed E-state index contributed by atoms with van der Waals surface area (Å²) in [7, 11) is 0. The number of rotatable bonds is 6. The highest BCUT2D eigenvalue weighted by molar-refractivity contribution is 6.00. The van der Waals surface area contributed by atoms with Crippen LogP contribution >= 0.6 is 0 Å². The lowest BCUT2D eigenvalue weighted by Gasteiger charge is -2.14. The van der Waals surface area contributed by atoms with Crippen LogP contribution in [0.3, 0.4) is 0 Å². The summed E-state index contributed by atoms with van der Waals surface area (Å²) >= 11 is 0. The Morgan fingerprint density at radius 3 is 2.68 bits per heavy atom. The number of benzene rings is 1. The standard InChI is InChI=1S/C17H24N2O3/c1-2-3-12-22-16(20)14-10-6-7-11-15(14)19-17(21)18-13-8-4-5-9-13/h6-7,10-11,13H,2-5,8-9,12H2,1H3,(H2,18,19,21). The molecule has 120 valence electrons. The van der Waals surface area contributed by atoms with Gasteiger partial charge >= 0.3 is 12.0 Å². The molecule has 0 unspecified atom stereocenters. The molecular weight excluding hydrogens is 280 g/mol. The third-order valence-electron chi connectivity index (χ3n) is 3.82. The SMILES string of the molecule is CCCCOC(=O)c1ccccc1NC(=O)NC1CCCC1. The van der Waals surface area contributed by atoms with Crippen LogP contribution in [0.2, 0.25) is 0 Å². The van der Waals surface area contributed by atoms with E-state index in [0.29, 0.717) is 17.9 Å². The van der Waals surface area contributed by atoms with Gasteiger partial charge in [0.2, 0.25) is 0 Å². The molecule has 0 radical (unpaired) electrons. The van der Waals surface area contributed by atoms with Gasteiger partial charge in [0, 0.05) is 6.04 Å². The first kappa shape index (κ1) is 16.3. The van der Waals surface area contributed by atoms with Crippen molar-refractivity contribution < 1.29 is 14.3 Å². The zero-order valence-corrected chi connectivity index (χ0v) is 13.1. The number of hydrogen-bond acceptors (Lipinski definition) is 3. The summed E-state index contributed by atoms with van der Waals surface area (Å²) in [6, 6.07) is 6.90. The Bertz CT molecular complexity index is 510. The topological polar surface area (TPSA) is 67.4 Å². The number of hydrogen-bond donors (Lipinski definition) is 2. The first-order valence-electron chi connectivity index (χ1n) is 8.04. The highest BCUT2D eigenvalue weighted by Gasteiger charge is 2.19. The molecule has 1 aromatic rings. The predicted molar refractivity (Wildman–Crippen MR) is 86.0 cm³/mol. The summed E-state index contributed by atoms with van der Waals surface area (Å²) in [5.41, 5.74) is 0.875. The minimum absolute atomic E-state index is 0.240. The molecule has 22 heavy (non-hydrogen) atoms. The van der Waals surface area contributed by atoms with E-state index in [1.807, 2.05) is 6.92 Å². The molecule has 1 aromatic carbocycles. The number of urea groups is 1. The van der Waals surface area contributed by atoms with Gasteiger partial charge in [0.25, 0.3) is 0 Å². The van der Waals surface area contributed by atoms with Crippen molar-refractivity contribution in [3.63, 3.8) is 0 Å². The fourth-order valence-corrected chi connectivity index (χ4v) is 2.57. The molecule has 0 bridgehead atoms. The fourth-order valence-electron chi connectivity index (χ4n) is 2.57. The van der Waals surface area contributed by atoms with E-state index < -0.39 is 5.97 Å². The molecule has 2 rings (SSSR count). The number of esters is 1. The minimum atomic E-state index is -0.398. The summed E-state index contributed by atoms with van der Waals surface area (Å²) in [6.45, 7) is 2.44. The zero-order chi connectivity index (χ0) is 15.8. The van der Waals surface area contributed by atoms with Crippen molar-refractivity contribution in [3.05, 3.63) is 29.8 Å². The van der Waals surface area contributed by atoms with Crippen molar-refractivity contribution in [2.24, 2.45) is 0 Å². The predicted octanol–water partition coefficient (Wildman–Crippen LogP) is 3.71. The summed E-state index contributed by atoms with van der Waals surface area (Å²) in [6.07, 6.45) is 6.17. The largest absolute Gasteiger partial charge is 0.462 e. The number of nitrogens with one attached hydrogen (secondary N) is 2. The van der Waals surface area contributed by atoms with E-state index >= 15 is 0 Å². The van der Waals surface area contributed by atoms with E-state index in [-0.39, 0.29) is 12.1 Å². The van der Waals surface area contributed by atoms with Crippen LogP contribution < -0.4 is 10.6 Å². The average Bonchev–Trinajstić information content (AvgIpc) is 3.00. The third-order valence-corrected chi connectivity index (χ3v) is 3.82. The number of para-hydroxylation sites is 1. The molecule has 5 nitrogen and oxygen atoms in total. The maximum Gasteiger partial charge on any atom is 0.340 e. The number of amides is 2. The molecule has 5 heteroatoms. The molecule has 0 heterocycles. The molecule has 1 aliphatic carbocycles. The second-order valence-corrected chi connectivity index (χ2v) is 5.61. The summed E-state index contributed by atoms with van der Waals surface area (Å²) < 4.78 is 5.21. The average molecular weight is 304 g/mol. The fraction of sp³-hybridized carbons (Fsp3) is 0.529. The van der Waals surface area contributed by atoms with Crippen LogP contribution in [-0.2, 0) is 4.74 Å². The van der Waals surface area contributed by atoms with Crippen LogP contribution in [0.15, 0.2) is 24.3 Å². The number of carbonyl (C=O) groups excluding carboxylic acids is 2. The number of unbranched alkanes of at least 4 members (excludes halogenated alkanes) is 1. The summed E-state index contributed by atoms with van der Waals surface area (Å²) in [4.78, 5) is 24.1. The van der Waals surface area contributed by atoms with Crippen LogP contribution in [0.25, 0.3) is 0 Å². The second kappa shape index (κ2) is 8.41. The van der Waals surface area contributed by atoms with Crippen molar-refractivity contribution in [2.75, 3.05) is 11.9 Å². The Hall–Kier alpha value is -2.04. The van der Waals surface area contributed by atoms with Gasteiger partial charge in [-0.15, -0.1) is 0 Å². The number of carbonyl (C=O) groups is 2. The Morgan fingerprint density at radius 2 is 1.95 bits per heavy atom. The quantitative estimate of drug-likeness (QED) is 0.622. The van der Waals surface area contributed by atoms with E-state index in [2.05, 4.69) is 10.6 Å². The van der Waals surface area contributed by atoms with Crippen molar-refractivity contribution in [2.45, 2.75) is 51.5 Å². The molecule has 0 saturated heterocycles. The van der Waals surface area contributed by atoms with Crippen molar-refractivity contribution in [1.29, 1.82) is 0 Å². The van der Waals surface area contributed by atoms with Gasteiger partial charge in [-0.2, -0.15) is 0 Å². The normalized spacial score (nSPS) is 14.6. The van der Waals surface area contributed by atoms with E-state index in [1.54, 1.807) is 24.3 Å². The van der Waals surface area contributed by atoms with E-state index in [4.69, 9.17) is 4.74 Å². The van der Waals surface area contributed by atoms with Gasteiger partial charge in [-0.05, 0) is 31.4 Å². The number of ether oxygens (including phenoxy) is 1. The van der Waals surface area contributed by atoms with E-state index in [1.165, 1.54) is 0 Å². The Balaban J connectivity index is 1.94. The highest BCUT2D eigenvalue weighted by atomic mass is 16.5. The van der Waals surface area contributed by atoms with Crippen LogP contribution in [0.1, 0.15) is 55.8 Å². The lowest BCUT2D eigenvalue weighted by Crippen LogP contribution is -2.36. The molecule has 1 aliphatic rings. The highest BCUT2D eigenvalue weighted by Crippen LogP contribution is 2.19. The van der Waals surface area contributed by atoms with Crippen molar-refractivity contribution in [3.8, 4) is 0 Å². The van der Waals surface area contributed by atoms with Crippen LogP contribution in [-0.4, -0.2) is 24.6 Å². The lowest BCUT2D eigenvalue weighted by atomic mass is 10.2. The van der Waals surface area contributed by atoms with Gasteiger partial charge in [-0.3, -0.25) is 0 Å². The Morgan fingerprint density at radius 1 is 1.23 bits per heavy atom. The molecule has 0 aliphatic heterocycles. The van der Waals surface area contributed by atoms with Gasteiger partial charge in [0.05, 0.1) is 17.9 Å². The molecule has 0 aromatic heterocycles. The maximum absolute atomic E-state index is 12.1. The first-order chi connectivity index (χ1) is 10.7. The lowest BCUT2D eigenvalue weighted by molar-refractivity contribution is 0.0501. The zero-order valence-electron chi connectivity index (χ0n) is 13.1. The molecule has 2 N–H and O–H groups in total. The van der Waals surface area contributed by atoms with Gasteiger partial charge in [0.1, 0.15) is 0 Å². The van der Waals surface area contributed by atoms with Crippen LogP contribution in [0, 0.1) is 0 Å². The molecule has 1 saturated carbocycles. The van der Waals surface area contributed by atoms with Crippen LogP contribution in [0.5, 0.6) is 0 Å². The number of anilines is 1. The Labute approximate surface area is 131 Å². The van der Waals surface area contributed by atoms with Gasteiger partial charge in [-0.25, -0.2) is 9.59 Å². The summed E-state index contributed by atoms with van der Waals surface area (Å²) in [5, 5.41) is 5.70. The smallest absolute Gasteiger partial charge is 0.340 e. The van der Waals surface area contributed by atoms with E-state index in [9.17, 15) is 9.59 Å². The molecular formula is C17H24N2O3. The molecule has 0 spiro atoms. The molecule has 1 fully saturated rings. The maximum atomic E-state index is 12.1. The monoisotopic (exact) mass is 304 g/mol. The first-order valence-corrected chi connectivity index (χ1v) is 8.04. The minimum Gasteiger partial charge on any atom is -0.462 e. The van der Waals surface area contributed by atoms with Crippen molar-refractivity contribution >= 4 is 17.7 Å². The van der Waals surface area contributed by atoms with Crippen LogP contribution in [0.4, 0.5) is 10.5 Å². The van der Waals surface area contributed by atoms with Gasteiger partial charge < -0.3 is 15.4 Å². The Kier molecular flexibility index (Phi) is 6.25.